The maximum atomic E-state index is 12.5. The molecule has 0 unspecified atom stereocenters. The highest BCUT2D eigenvalue weighted by molar-refractivity contribution is 5.94. The zero-order chi connectivity index (χ0) is 16.2. The van der Waals surface area contributed by atoms with Crippen LogP contribution < -0.4 is 9.64 Å². The Balaban J connectivity index is 1.60. The van der Waals surface area contributed by atoms with E-state index in [-0.39, 0.29) is 5.91 Å². The summed E-state index contributed by atoms with van der Waals surface area (Å²) >= 11 is 0. The number of aromatic nitrogens is 2. The summed E-state index contributed by atoms with van der Waals surface area (Å²) in [6, 6.07) is 7.72. The summed E-state index contributed by atoms with van der Waals surface area (Å²) in [5.74, 6) is 1.42. The van der Waals surface area contributed by atoms with Gasteiger partial charge in [0.1, 0.15) is 5.75 Å². The summed E-state index contributed by atoms with van der Waals surface area (Å²) < 4.78 is 10.7. The topological polar surface area (TPSA) is 71.7 Å². The minimum Gasteiger partial charge on any atom is -0.497 e. The van der Waals surface area contributed by atoms with Crippen LogP contribution in [-0.2, 0) is 6.42 Å². The van der Waals surface area contributed by atoms with Crippen LogP contribution in [0.5, 0.6) is 5.75 Å². The van der Waals surface area contributed by atoms with Crippen molar-refractivity contribution >= 4 is 11.9 Å². The molecule has 1 aliphatic rings. The van der Waals surface area contributed by atoms with E-state index in [1.165, 1.54) is 0 Å². The van der Waals surface area contributed by atoms with E-state index in [0.29, 0.717) is 43.6 Å². The van der Waals surface area contributed by atoms with E-state index in [2.05, 4.69) is 10.2 Å². The molecular formula is C16H20N4O3. The predicted octanol–water partition coefficient (Wildman–Crippen LogP) is 1.60. The monoisotopic (exact) mass is 316 g/mol. The quantitative estimate of drug-likeness (QED) is 0.853. The Morgan fingerprint density at radius 2 is 1.87 bits per heavy atom. The lowest BCUT2D eigenvalue weighted by atomic mass is 10.1. The smallest absolute Gasteiger partial charge is 0.318 e. The minimum atomic E-state index is 0.0343. The molecule has 2 heterocycles. The van der Waals surface area contributed by atoms with Crippen LogP contribution >= 0.6 is 0 Å². The summed E-state index contributed by atoms with van der Waals surface area (Å²) in [6.07, 6.45) is 0.725. The van der Waals surface area contributed by atoms with Gasteiger partial charge in [0, 0.05) is 38.2 Å². The third-order valence-corrected chi connectivity index (χ3v) is 3.93. The van der Waals surface area contributed by atoms with Crippen molar-refractivity contribution in [1.82, 2.24) is 15.1 Å². The Hall–Kier alpha value is -2.57. The average molecular weight is 316 g/mol. The minimum absolute atomic E-state index is 0.0343. The molecule has 1 aromatic heterocycles. The second-order valence-corrected chi connectivity index (χ2v) is 5.34. The summed E-state index contributed by atoms with van der Waals surface area (Å²) in [5, 5.41) is 8.03. The number of aryl methyl sites for hydroxylation is 1. The maximum Gasteiger partial charge on any atom is 0.318 e. The highest BCUT2D eigenvalue weighted by Crippen LogP contribution is 2.17. The SMILES string of the molecule is CCc1nnc(N2CCN(C(=O)c3ccc(OC)cc3)CC2)o1. The molecule has 0 spiro atoms. The summed E-state index contributed by atoms with van der Waals surface area (Å²) in [6.45, 7) is 4.62. The number of hydrogen-bond acceptors (Lipinski definition) is 6. The number of rotatable bonds is 4. The van der Waals surface area contributed by atoms with Crippen molar-refractivity contribution in [2.45, 2.75) is 13.3 Å². The fraction of sp³-hybridized carbons (Fsp3) is 0.438. The lowest BCUT2D eigenvalue weighted by Gasteiger charge is -2.33. The molecule has 0 atom stereocenters. The molecule has 2 aromatic rings. The Morgan fingerprint density at radius 1 is 1.17 bits per heavy atom. The molecule has 1 amide bonds. The number of ether oxygens (including phenoxy) is 1. The average Bonchev–Trinajstić information content (AvgIpc) is 3.10. The van der Waals surface area contributed by atoms with Crippen molar-refractivity contribution in [3.63, 3.8) is 0 Å². The van der Waals surface area contributed by atoms with E-state index in [4.69, 9.17) is 9.15 Å². The largest absolute Gasteiger partial charge is 0.497 e. The zero-order valence-corrected chi connectivity index (χ0v) is 13.4. The molecule has 0 N–H and O–H groups in total. The summed E-state index contributed by atoms with van der Waals surface area (Å²) in [7, 11) is 1.61. The third-order valence-electron chi connectivity index (χ3n) is 3.93. The molecule has 7 nitrogen and oxygen atoms in total. The number of benzene rings is 1. The van der Waals surface area contributed by atoms with Gasteiger partial charge in [0.05, 0.1) is 7.11 Å². The number of carbonyl (C=O) groups is 1. The van der Waals surface area contributed by atoms with Gasteiger partial charge in [-0.2, -0.15) is 0 Å². The lowest BCUT2D eigenvalue weighted by Crippen LogP contribution is -2.48. The van der Waals surface area contributed by atoms with Gasteiger partial charge in [-0.25, -0.2) is 0 Å². The molecule has 3 rings (SSSR count). The second kappa shape index (κ2) is 6.68. The Kier molecular flexibility index (Phi) is 4.45. The van der Waals surface area contributed by atoms with E-state index in [0.717, 1.165) is 12.2 Å². The number of methoxy groups -OCH3 is 1. The molecule has 1 saturated heterocycles. The van der Waals surface area contributed by atoms with Gasteiger partial charge in [-0.1, -0.05) is 12.0 Å². The molecule has 0 aliphatic carbocycles. The van der Waals surface area contributed by atoms with Crippen molar-refractivity contribution < 1.29 is 13.9 Å². The number of hydrogen-bond donors (Lipinski definition) is 0. The van der Waals surface area contributed by atoms with Gasteiger partial charge in [-0.3, -0.25) is 4.79 Å². The van der Waals surface area contributed by atoms with Crippen LogP contribution in [0.15, 0.2) is 28.7 Å². The van der Waals surface area contributed by atoms with Crippen molar-refractivity contribution in [1.29, 1.82) is 0 Å². The Morgan fingerprint density at radius 3 is 2.43 bits per heavy atom. The first kappa shape index (κ1) is 15.3. The fourth-order valence-corrected chi connectivity index (χ4v) is 2.53. The molecule has 1 fully saturated rings. The van der Waals surface area contributed by atoms with E-state index in [1.807, 2.05) is 16.7 Å². The maximum absolute atomic E-state index is 12.5. The van der Waals surface area contributed by atoms with Crippen LogP contribution in [-0.4, -0.2) is 54.3 Å². The van der Waals surface area contributed by atoms with Crippen LogP contribution in [0, 0.1) is 0 Å². The highest BCUT2D eigenvalue weighted by atomic mass is 16.5. The van der Waals surface area contributed by atoms with Crippen LogP contribution in [0.1, 0.15) is 23.2 Å². The van der Waals surface area contributed by atoms with Crippen molar-refractivity contribution in [3.8, 4) is 5.75 Å². The first-order valence-corrected chi connectivity index (χ1v) is 7.72. The fourth-order valence-electron chi connectivity index (χ4n) is 2.53. The zero-order valence-electron chi connectivity index (χ0n) is 13.4. The molecule has 0 saturated carbocycles. The molecule has 23 heavy (non-hydrogen) atoms. The van der Waals surface area contributed by atoms with Crippen molar-refractivity contribution in [2.24, 2.45) is 0 Å². The highest BCUT2D eigenvalue weighted by Gasteiger charge is 2.24. The normalized spacial score (nSPS) is 14.9. The molecule has 0 radical (unpaired) electrons. The van der Waals surface area contributed by atoms with Crippen molar-refractivity contribution in [3.05, 3.63) is 35.7 Å². The number of nitrogens with zero attached hydrogens (tertiary/aromatic N) is 4. The van der Waals surface area contributed by atoms with Crippen molar-refractivity contribution in [2.75, 3.05) is 38.2 Å². The molecule has 122 valence electrons. The number of piperazine rings is 1. The Bertz CT molecular complexity index is 660. The van der Waals surface area contributed by atoms with Gasteiger partial charge in [0.25, 0.3) is 5.91 Å². The molecular weight excluding hydrogens is 296 g/mol. The van der Waals surface area contributed by atoms with Gasteiger partial charge in [-0.05, 0) is 24.3 Å². The molecule has 1 aromatic carbocycles. The predicted molar refractivity (Wildman–Crippen MR) is 84.8 cm³/mol. The van der Waals surface area contributed by atoms with Crippen LogP contribution in [0.2, 0.25) is 0 Å². The van der Waals surface area contributed by atoms with Crippen LogP contribution in [0.4, 0.5) is 6.01 Å². The first-order chi connectivity index (χ1) is 11.2. The van der Waals surface area contributed by atoms with E-state index in [1.54, 1.807) is 31.4 Å². The lowest BCUT2D eigenvalue weighted by molar-refractivity contribution is 0.0745. The summed E-state index contributed by atoms with van der Waals surface area (Å²) in [4.78, 5) is 16.4. The van der Waals surface area contributed by atoms with Crippen LogP contribution in [0.3, 0.4) is 0 Å². The van der Waals surface area contributed by atoms with Gasteiger partial charge in [-0.15, -0.1) is 5.10 Å². The number of amides is 1. The van der Waals surface area contributed by atoms with E-state index < -0.39 is 0 Å². The third kappa shape index (κ3) is 3.28. The molecule has 0 bridgehead atoms. The van der Waals surface area contributed by atoms with Gasteiger partial charge in [0.15, 0.2) is 0 Å². The second-order valence-electron chi connectivity index (χ2n) is 5.34. The standard InChI is InChI=1S/C16H20N4O3/c1-3-14-17-18-16(23-14)20-10-8-19(9-11-20)15(21)12-4-6-13(22-2)7-5-12/h4-7H,3,8-11H2,1-2H3. The summed E-state index contributed by atoms with van der Waals surface area (Å²) in [5.41, 5.74) is 0.672. The number of carbonyl (C=O) groups excluding carboxylic acids is 1. The molecule has 7 heteroatoms. The van der Waals surface area contributed by atoms with E-state index >= 15 is 0 Å². The van der Waals surface area contributed by atoms with Gasteiger partial charge < -0.3 is 19.0 Å². The Labute approximate surface area is 134 Å². The van der Waals surface area contributed by atoms with Gasteiger partial charge >= 0.3 is 6.01 Å². The molecule has 1 aliphatic heterocycles. The van der Waals surface area contributed by atoms with Crippen LogP contribution in [0.25, 0.3) is 0 Å². The number of anilines is 1. The first-order valence-electron chi connectivity index (χ1n) is 7.72. The van der Waals surface area contributed by atoms with E-state index in [9.17, 15) is 4.79 Å². The van der Waals surface area contributed by atoms with Gasteiger partial charge in [0.2, 0.25) is 5.89 Å².